The second kappa shape index (κ2) is 9.41. The van der Waals surface area contributed by atoms with E-state index >= 15 is 0 Å². The van der Waals surface area contributed by atoms with E-state index in [1.807, 2.05) is 60.4 Å². The topological polar surface area (TPSA) is 79.5 Å². The normalized spacial score (nSPS) is 19.1. The van der Waals surface area contributed by atoms with Crippen molar-refractivity contribution in [2.24, 2.45) is 11.8 Å². The molecule has 2 fully saturated rings. The van der Waals surface area contributed by atoms with Crippen LogP contribution in [0.4, 0.5) is 5.69 Å². The van der Waals surface area contributed by atoms with Gasteiger partial charge in [0.15, 0.2) is 0 Å². The molecule has 7 nitrogen and oxygen atoms in total. The average molecular weight is 459 g/mol. The van der Waals surface area contributed by atoms with Crippen LogP contribution in [0.3, 0.4) is 0 Å². The number of carbonyl (C=O) groups excluding carboxylic acids is 2. The molecule has 2 aliphatic rings. The standard InChI is InChI=1S/C27H30N4O3/c1-18-8-9-23(14-19(18)2)31-17-22(16-25(31)32)27(33)30-12-10-20(11-13-30)15-24-28-26(29-34-24)21-6-4-3-5-7-21/h3-9,14,20,22H,10-13,15-17H2,1-2H3. The van der Waals surface area contributed by atoms with Crippen LogP contribution in [0.15, 0.2) is 53.1 Å². The van der Waals surface area contributed by atoms with Crippen molar-refractivity contribution in [1.29, 1.82) is 0 Å². The van der Waals surface area contributed by atoms with E-state index in [0.29, 0.717) is 37.3 Å². The summed E-state index contributed by atoms with van der Waals surface area (Å²) in [6.45, 7) is 5.98. The molecule has 0 radical (unpaired) electrons. The fraction of sp³-hybridized carbons (Fsp3) is 0.407. The molecule has 5 rings (SSSR count). The smallest absolute Gasteiger partial charge is 0.228 e. The maximum Gasteiger partial charge on any atom is 0.228 e. The Morgan fingerprint density at radius 3 is 2.56 bits per heavy atom. The summed E-state index contributed by atoms with van der Waals surface area (Å²) in [6.07, 6.45) is 2.81. The van der Waals surface area contributed by atoms with Crippen LogP contribution >= 0.6 is 0 Å². The van der Waals surface area contributed by atoms with Gasteiger partial charge in [0.2, 0.25) is 23.5 Å². The minimum atomic E-state index is -0.268. The van der Waals surface area contributed by atoms with Crippen LogP contribution in [-0.2, 0) is 16.0 Å². The zero-order chi connectivity index (χ0) is 23.7. The Morgan fingerprint density at radius 1 is 1.06 bits per heavy atom. The maximum absolute atomic E-state index is 13.2. The number of rotatable bonds is 5. The van der Waals surface area contributed by atoms with Gasteiger partial charge < -0.3 is 14.3 Å². The van der Waals surface area contributed by atoms with E-state index in [1.165, 1.54) is 5.56 Å². The van der Waals surface area contributed by atoms with Crippen LogP contribution < -0.4 is 4.90 Å². The molecular weight excluding hydrogens is 428 g/mol. The molecule has 0 N–H and O–H groups in total. The van der Waals surface area contributed by atoms with Gasteiger partial charge in [-0.3, -0.25) is 9.59 Å². The Kier molecular flexibility index (Phi) is 6.18. The highest BCUT2D eigenvalue weighted by atomic mass is 16.5. The highest BCUT2D eigenvalue weighted by Crippen LogP contribution is 2.30. The van der Waals surface area contributed by atoms with Crippen molar-refractivity contribution in [2.45, 2.75) is 39.5 Å². The Morgan fingerprint density at radius 2 is 1.82 bits per heavy atom. The van der Waals surface area contributed by atoms with Gasteiger partial charge in [-0.15, -0.1) is 0 Å². The molecule has 2 aliphatic heterocycles. The van der Waals surface area contributed by atoms with E-state index in [-0.39, 0.29) is 24.2 Å². The first-order valence-corrected chi connectivity index (χ1v) is 12.0. The fourth-order valence-corrected chi connectivity index (χ4v) is 4.92. The van der Waals surface area contributed by atoms with Crippen molar-refractivity contribution in [2.75, 3.05) is 24.5 Å². The third kappa shape index (κ3) is 4.60. The highest BCUT2D eigenvalue weighted by Gasteiger charge is 2.38. The molecule has 7 heteroatoms. The van der Waals surface area contributed by atoms with E-state index in [1.54, 1.807) is 4.90 Å². The van der Waals surface area contributed by atoms with Crippen LogP contribution in [0, 0.1) is 25.7 Å². The molecule has 1 aromatic heterocycles. The van der Waals surface area contributed by atoms with Gasteiger partial charge >= 0.3 is 0 Å². The van der Waals surface area contributed by atoms with Gasteiger partial charge in [0.05, 0.1) is 5.92 Å². The first-order chi connectivity index (χ1) is 16.5. The number of amides is 2. The molecule has 1 unspecified atom stereocenters. The van der Waals surface area contributed by atoms with Gasteiger partial charge in [-0.2, -0.15) is 4.98 Å². The van der Waals surface area contributed by atoms with Crippen LogP contribution in [-0.4, -0.2) is 46.5 Å². The number of benzene rings is 2. The van der Waals surface area contributed by atoms with Crippen LogP contribution in [0.5, 0.6) is 0 Å². The predicted octanol–water partition coefficient (Wildman–Crippen LogP) is 4.19. The maximum atomic E-state index is 13.2. The molecule has 2 saturated heterocycles. The average Bonchev–Trinajstić information content (AvgIpc) is 3.48. The largest absolute Gasteiger partial charge is 0.342 e. The lowest BCUT2D eigenvalue weighted by Gasteiger charge is -2.33. The van der Waals surface area contributed by atoms with Gasteiger partial charge in [0, 0.05) is 43.7 Å². The lowest BCUT2D eigenvalue weighted by molar-refractivity contribution is -0.137. The summed E-state index contributed by atoms with van der Waals surface area (Å²) in [5.41, 5.74) is 4.18. The molecule has 3 heterocycles. The van der Waals surface area contributed by atoms with E-state index in [2.05, 4.69) is 17.1 Å². The Hall–Kier alpha value is -3.48. The van der Waals surface area contributed by atoms with Crippen molar-refractivity contribution in [3.8, 4) is 11.4 Å². The molecule has 0 aliphatic carbocycles. The monoisotopic (exact) mass is 458 g/mol. The summed E-state index contributed by atoms with van der Waals surface area (Å²) in [5.74, 6) is 1.53. The Bertz CT molecular complexity index is 1180. The Labute approximate surface area is 199 Å². The molecule has 3 aromatic rings. The predicted molar refractivity (Wildman–Crippen MR) is 129 cm³/mol. The molecule has 2 aromatic carbocycles. The molecule has 0 saturated carbocycles. The lowest BCUT2D eigenvalue weighted by atomic mass is 9.92. The molecule has 34 heavy (non-hydrogen) atoms. The molecular formula is C27H30N4O3. The van der Waals surface area contributed by atoms with Crippen molar-refractivity contribution in [3.05, 3.63) is 65.5 Å². The van der Waals surface area contributed by atoms with Crippen LogP contribution in [0.2, 0.25) is 0 Å². The van der Waals surface area contributed by atoms with Gasteiger partial charge in [-0.25, -0.2) is 0 Å². The first kappa shape index (κ1) is 22.3. The lowest BCUT2D eigenvalue weighted by Crippen LogP contribution is -2.42. The van der Waals surface area contributed by atoms with Crippen molar-refractivity contribution in [3.63, 3.8) is 0 Å². The number of anilines is 1. The summed E-state index contributed by atoms with van der Waals surface area (Å²) >= 11 is 0. The van der Waals surface area contributed by atoms with Gasteiger partial charge in [-0.1, -0.05) is 41.6 Å². The minimum absolute atomic E-state index is 0.0297. The SMILES string of the molecule is Cc1ccc(N2CC(C(=O)N3CCC(Cc4nc(-c5ccccc5)no4)CC3)CC2=O)cc1C. The number of hydrogen-bond acceptors (Lipinski definition) is 5. The van der Waals surface area contributed by atoms with E-state index in [0.717, 1.165) is 36.1 Å². The van der Waals surface area contributed by atoms with Crippen molar-refractivity contribution in [1.82, 2.24) is 15.0 Å². The Balaban J connectivity index is 1.14. The molecule has 1 atom stereocenters. The number of carbonyl (C=O) groups is 2. The highest BCUT2D eigenvalue weighted by molar-refractivity contribution is 6.00. The zero-order valence-corrected chi connectivity index (χ0v) is 19.7. The number of likely N-dealkylation sites (tertiary alicyclic amines) is 1. The summed E-state index contributed by atoms with van der Waals surface area (Å²) in [5, 5.41) is 4.11. The van der Waals surface area contributed by atoms with Crippen molar-refractivity contribution < 1.29 is 14.1 Å². The number of aromatic nitrogens is 2. The molecule has 2 amide bonds. The summed E-state index contributed by atoms with van der Waals surface area (Å²) in [7, 11) is 0. The fourth-order valence-electron chi connectivity index (χ4n) is 4.92. The number of piperidine rings is 1. The third-order valence-electron chi connectivity index (χ3n) is 7.17. The third-order valence-corrected chi connectivity index (χ3v) is 7.17. The number of aryl methyl sites for hydroxylation is 2. The van der Waals surface area contributed by atoms with Gasteiger partial charge in [-0.05, 0) is 55.9 Å². The summed E-state index contributed by atoms with van der Waals surface area (Å²) < 4.78 is 5.47. The van der Waals surface area contributed by atoms with Gasteiger partial charge in [0.1, 0.15) is 0 Å². The van der Waals surface area contributed by atoms with E-state index in [9.17, 15) is 9.59 Å². The van der Waals surface area contributed by atoms with Crippen molar-refractivity contribution >= 4 is 17.5 Å². The first-order valence-electron chi connectivity index (χ1n) is 12.0. The summed E-state index contributed by atoms with van der Waals surface area (Å²) in [6, 6.07) is 15.8. The van der Waals surface area contributed by atoms with Gasteiger partial charge in [0.25, 0.3) is 0 Å². The van der Waals surface area contributed by atoms with Crippen LogP contribution in [0.25, 0.3) is 11.4 Å². The molecule has 176 valence electrons. The van der Waals surface area contributed by atoms with E-state index in [4.69, 9.17) is 4.52 Å². The molecule has 0 bridgehead atoms. The van der Waals surface area contributed by atoms with E-state index < -0.39 is 0 Å². The van der Waals surface area contributed by atoms with Crippen LogP contribution in [0.1, 0.15) is 36.3 Å². The number of nitrogens with zero attached hydrogens (tertiary/aromatic N) is 4. The minimum Gasteiger partial charge on any atom is -0.342 e. The molecule has 0 spiro atoms. The zero-order valence-electron chi connectivity index (χ0n) is 19.7. The second-order valence-corrected chi connectivity index (χ2v) is 9.52. The summed E-state index contributed by atoms with van der Waals surface area (Å²) in [4.78, 5) is 34.1. The second-order valence-electron chi connectivity index (χ2n) is 9.52. The quantitative estimate of drug-likeness (QED) is 0.573. The number of hydrogen-bond donors (Lipinski definition) is 0.